The standard InChI is InChI=1S/C14H20O5S/c1-10-2-3-14(20(16,17)18)12(8-10)13(9-15)11-4-6-19-7-5-11/h2-3,8,11,13,15H,4-7,9H2,1H3,(H,16,17,18). The molecule has 1 aliphatic heterocycles. The van der Waals surface area contributed by atoms with Gasteiger partial charge in [-0.1, -0.05) is 17.7 Å². The van der Waals surface area contributed by atoms with Crippen molar-refractivity contribution in [3.05, 3.63) is 29.3 Å². The van der Waals surface area contributed by atoms with Gasteiger partial charge in [0.1, 0.15) is 0 Å². The number of benzene rings is 1. The van der Waals surface area contributed by atoms with Gasteiger partial charge in [0.15, 0.2) is 0 Å². The smallest absolute Gasteiger partial charge is 0.294 e. The van der Waals surface area contributed by atoms with Crippen LogP contribution < -0.4 is 0 Å². The summed E-state index contributed by atoms with van der Waals surface area (Å²) in [6.45, 7) is 2.95. The summed E-state index contributed by atoms with van der Waals surface area (Å²) in [5.41, 5.74) is 1.40. The molecule has 0 aromatic heterocycles. The maximum absolute atomic E-state index is 11.5. The molecule has 1 aromatic carbocycles. The fourth-order valence-electron chi connectivity index (χ4n) is 2.81. The van der Waals surface area contributed by atoms with Gasteiger partial charge in [-0.15, -0.1) is 0 Å². The Labute approximate surface area is 119 Å². The molecule has 112 valence electrons. The van der Waals surface area contributed by atoms with Crippen LogP contribution in [0.3, 0.4) is 0 Å². The summed E-state index contributed by atoms with van der Waals surface area (Å²) in [4.78, 5) is -0.103. The van der Waals surface area contributed by atoms with Crippen LogP contribution in [-0.2, 0) is 14.9 Å². The van der Waals surface area contributed by atoms with E-state index in [0.29, 0.717) is 18.8 Å². The molecular formula is C14H20O5S. The molecule has 0 aliphatic carbocycles. The molecule has 1 unspecified atom stereocenters. The average molecular weight is 300 g/mol. The van der Waals surface area contributed by atoms with Crippen molar-refractivity contribution < 1.29 is 22.8 Å². The molecule has 1 atom stereocenters. The second kappa shape index (κ2) is 6.22. The maximum Gasteiger partial charge on any atom is 0.294 e. The van der Waals surface area contributed by atoms with Crippen molar-refractivity contribution in [3.63, 3.8) is 0 Å². The number of ether oxygens (including phenoxy) is 1. The zero-order valence-electron chi connectivity index (χ0n) is 11.4. The summed E-state index contributed by atoms with van der Waals surface area (Å²) < 4.78 is 37.7. The number of hydrogen-bond acceptors (Lipinski definition) is 4. The fraction of sp³-hybridized carbons (Fsp3) is 0.571. The summed E-state index contributed by atoms with van der Waals surface area (Å²) in [5.74, 6) is -0.133. The molecule has 0 spiro atoms. The fourth-order valence-corrected chi connectivity index (χ4v) is 3.56. The molecule has 0 radical (unpaired) electrons. The summed E-state index contributed by atoms with van der Waals surface area (Å²) in [6.07, 6.45) is 1.56. The van der Waals surface area contributed by atoms with Crippen LogP contribution in [0.2, 0.25) is 0 Å². The molecule has 2 rings (SSSR count). The van der Waals surface area contributed by atoms with E-state index in [1.807, 2.05) is 6.92 Å². The van der Waals surface area contributed by atoms with Crippen molar-refractivity contribution in [3.8, 4) is 0 Å². The van der Waals surface area contributed by atoms with Crippen LogP contribution in [0.5, 0.6) is 0 Å². The molecule has 1 aliphatic rings. The third-order valence-corrected chi connectivity index (χ3v) is 4.80. The van der Waals surface area contributed by atoms with Gasteiger partial charge in [0, 0.05) is 19.1 Å². The Bertz CT molecular complexity index is 561. The lowest BCUT2D eigenvalue weighted by Gasteiger charge is -2.30. The molecule has 6 heteroatoms. The Balaban J connectivity index is 2.44. The first-order chi connectivity index (χ1) is 9.43. The quantitative estimate of drug-likeness (QED) is 0.828. The van der Waals surface area contributed by atoms with Gasteiger partial charge in [0.25, 0.3) is 10.1 Å². The molecule has 0 bridgehead atoms. The number of hydrogen-bond donors (Lipinski definition) is 2. The van der Waals surface area contributed by atoms with Gasteiger partial charge in [0.05, 0.1) is 11.5 Å². The zero-order valence-corrected chi connectivity index (χ0v) is 12.3. The van der Waals surface area contributed by atoms with Crippen LogP contribution in [-0.4, -0.2) is 37.9 Å². The lowest BCUT2D eigenvalue weighted by atomic mass is 9.81. The van der Waals surface area contributed by atoms with Crippen molar-refractivity contribution in [1.82, 2.24) is 0 Å². The summed E-state index contributed by atoms with van der Waals surface area (Å²) in [7, 11) is -4.29. The van der Waals surface area contributed by atoms with E-state index in [2.05, 4.69) is 0 Å². The van der Waals surface area contributed by atoms with E-state index in [4.69, 9.17) is 4.74 Å². The predicted octanol–water partition coefficient (Wildman–Crippen LogP) is 1.74. The molecule has 1 aromatic rings. The summed E-state index contributed by atoms with van der Waals surface area (Å²) in [5, 5.41) is 9.70. The summed E-state index contributed by atoms with van der Waals surface area (Å²) >= 11 is 0. The first-order valence-electron chi connectivity index (χ1n) is 6.70. The van der Waals surface area contributed by atoms with Gasteiger partial charge in [-0.25, -0.2) is 0 Å². The minimum atomic E-state index is -4.29. The van der Waals surface area contributed by atoms with E-state index in [1.165, 1.54) is 6.07 Å². The second-order valence-corrected chi connectivity index (χ2v) is 6.65. The molecule has 5 nitrogen and oxygen atoms in total. The molecule has 0 saturated carbocycles. The third kappa shape index (κ3) is 3.38. The highest BCUT2D eigenvalue weighted by Crippen LogP contribution is 2.35. The molecule has 1 saturated heterocycles. The molecule has 20 heavy (non-hydrogen) atoms. The Morgan fingerprint density at radius 1 is 1.35 bits per heavy atom. The second-order valence-electron chi connectivity index (χ2n) is 5.26. The molecule has 2 N–H and O–H groups in total. The molecule has 1 heterocycles. The number of aliphatic hydroxyl groups excluding tert-OH is 1. The lowest BCUT2D eigenvalue weighted by Crippen LogP contribution is -2.25. The Morgan fingerprint density at radius 2 is 2.00 bits per heavy atom. The monoisotopic (exact) mass is 300 g/mol. The number of aliphatic hydroxyl groups is 1. The van der Waals surface area contributed by atoms with E-state index in [9.17, 15) is 18.1 Å². The normalized spacial score (nSPS) is 18.9. The zero-order chi connectivity index (χ0) is 14.8. The van der Waals surface area contributed by atoms with Crippen LogP contribution in [0.4, 0.5) is 0 Å². The minimum absolute atomic E-state index is 0.103. The first-order valence-corrected chi connectivity index (χ1v) is 8.14. The van der Waals surface area contributed by atoms with Crippen LogP contribution >= 0.6 is 0 Å². The lowest BCUT2D eigenvalue weighted by molar-refractivity contribution is 0.0489. The van der Waals surface area contributed by atoms with Crippen molar-refractivity contribution in [2.75, 3.05) is 19.8 Å². The maximum atomic E-state index is 11.5. The Morgan fingerprint density at radius 3 is 2.55 bits per heavy atom. The SMILES string of the molecule is Cc1ccc(S(=O)(=O)O)c(C(CO)C2CCOCC2)c1. The first kappa shape index (κ1) is 15.4. The van der Waals surface area contributed by atoms with Crippen LogP contribution in [0, 0.1) is 12.8 Å². The number of aryl methyl sites for hydroxylation is 1. The van der Waals surface area contributed by atoms with Crippen LogP contribution in [0.1, 0.15) is 29.9 Å². The average Bonchev–Trinajstić information content (AvgIpc) is 2.39. The third-order valence-electron chi connectivity index (χ3n) is 3.87. The van der Waals surface area contributed by atoms with Gasteiger partial charge in [-0.3, -0.25) is 4.55 Å². The van der Waals surface area contributed by atoms with E-state index in [1.54, 1.807) is 12.1 Å². The van der Waals surface area contributed by atoms with Crippen LogP contribution in [0.15, 0.2) is 23.1 Å². The van der Waals surface area contributed by atoms with Gasteiger partial charge < -0.3 is 9.84 Å². The van der Waals surface area contributed by atoms with E-state index in [0.717, 1.165) is 18.4 Å². The molecule has 1 fully saturated rings. The highest BCUT2D eigenvalue weighted by atomic mass is 32.2. The topological polar surface area (TPSA) is 83.8 Å². The highest BCUT2D eigenvalue weighted by molar-refractivity contribution is 7.85. The predicted molar refractivity (Wildman–Crippen MR) is 74.4 cm³/mol. The number of rotatable bonds is 4. The Hall–Kier alpha value is -0.950. The Kier molecular flexibility index (Phi) is 4.80. The molecule has 0 amide bonds. The van der Waals surface area contributed by atoms with Gasteiger partial charge in [-0.2, -0.15) is 8.42 Å². The van der Waals surface area contributed by atoms with Gasteiger partial charge >= 0.3 is 0 Å². The van der Waals surface area contributed by atoms with Crippen molar-refractivity contribution in [1.29, 1.82) is 0 Å². The van der Waals surface area contributed by atoms with Crippen molar-refractivity contribution >= 4 is 10.1 Å². The van der Waals surface area contributed by atoms with E-state index in [-0.39, 0.29) is 23.3 Å². The summed E-state index contributed by atoms with van der Waals surface area (Å²) in [6, 6.07) is 4.78. The van der Waals surface area contributed by atoms with Crippen molar-refractivity contribution in [2.45, 2.75) is 30.6 Å². The minimum Gasteiger partial charge on any atom is -0.396 e. The largest absolute Gasteiger partial charge is 0.396 e. The van der Waals surface area contributed by atoms with Crippen molar-refractivity contribution in [2.24, 2.45) is 5.92 Å². The van der Waals surface area contributed by atoms with E-state index >= 15 is 0 Å². The molecular weight excluding hydrogens is 280 g/mol. The van der Waals surface area contributed by atoms with Gasteiger partial charge in [-0.05, 0) is 37.3 Å². The van der Waals surface area contributed by atoms with Crippen LogP contribution in [0.25, 0.3) is 0 Å². The highest BCUT2D eigenvalue weighted by Gasteiger charge is 2.29. The van der Waals surface area contributed by atoms with Gasteiger partial charge in [0.2, 0.25) is 0 Å². The van der Waals surface area contributed by atoms with E-state index < -0.39 is 10.1 Å².